The summed E-state index contributed by atoms with van der Waals surface area (Å²) >= 11 is 5.96. The van der Waals surface area contributed by atoms with Gasteiger partial charge in [0.25, 0.3) is 0 Å². The van der Waals surface area contributed by atoms with Gasteiger partial charge in [-0.2, -0.15) is 4.57 Å². The zero-order valence-electron chi connectivity index (χ0n) is 16.5. The molecule has 4 aromatic rings. The number of carbonyl (C=O) groups excluding carboxylic acids is 1. The molecule has 154 valence electrons. The molecule has 0 amide bonds. The lowest BCUT2D eigenvalue weighted by Crippen LogP contribution is -2.44. The van der Waals surface area contributed by atoms with Crippen LogP contribution < -0.4 is 9.88 Å². The molecule has 1 unspecified atom stereocenters. The average Bonchev–Trinajstić information content (AvgIpc) is 3.40. The van der Waals surface area contributed by atoms with E-state index in [4.69, 9.17) is 21.0 Å². The Morgan fingerprint density at radius 2 is 1.97 bits per heavy atom. The van der Waals surface area contributed by atoms with Crippen LogP contribution in [0.2, 0.25) is 5.02 Å². The van der Waals surface area contributed by atoms with Gasteiger partial charge in [-0.05, 0) is 29.8 Å². The van der Waals surface area contributed by atoms with Crippen molar-refractivity contribution in [1.29, 1.82) is 0 Å². The molecular formula is C24H19ClN3O3+. The number of carbonyl (C=O) groups is 1. The van der Waals surface area contributed by atoms with Crippen molar-refractivity contribution >= 4 is 23.3 Å². The molecule has 0 spiro atoms. The van der Waals surface area contributed by atoms with Gasteiger partial charge in [0.1, 0.15) is 29.1 Å². The number of anilines is 1. The SMILES string of the molecule is O=C1C(Cc2ccco2)Nc2c(Cc3ccccc3)nc(-c3ccc(Cl)c(O)c3)c[n+]21. The third kappa shape index (κ3) is 3.78. The van der Waals surface area contributed by atoms with Crippen LogP contribution in [0.5, 0.6) is 5.75 Å². The number of nitrogens with one attached hydrogen (secondary N) is 1. The van der Waals surface area contributed by atoms with E-state index in [9.17, 15) is 9.90 Å². The molecule has 7 heteroatoms. The van der Waals surface area contributed by atoms with E-state index in [2.05, 4.69) is 5.32 Å². The molecule has 3 heterocycles. The van der Waals surface area contributed by atoms with Crippen LogP contribution in [0, 0.1) is 0 Å². The Balaban J connectivity index is 1.58. The van der Waals surface area contributed by atoms with Gasteiger partial charge in [0.15, 0.2) is 0 Å². The molecule has 31 heavy (non-hydrogen) atoms. The van der Waals surface area contributed by atoms with Crippen molar-refractivity contribution in [3.05, 3.63) is 95.2 Å². The summed E-state index contributed by atoms with van der Waals surface area (Å²) in [4.78, 5) is 18.0. The van der Waals surface area contributed by atoms with Crippen molar-refractivity contribution in [2.45, 2.75) is 18.9 Å². The van der Waals surface area contributed by atoms with Crippen molar-refractivity contribution in [2.75, 3.05) is 5.32 Å². The lowest BCUT2D eigenvalue weighted by molar-refractivity contribution is -0.552. The lowest BCUT2D eigenvalue weighted by atomic mass is 10.1. The zero-order valence-corrected chi connectivity index (χ0v) is 17.2. The van der Waals surface area contributed by atoms with Crippen LogP contribution in [0.1, 0.15) is 21.8 Å². The summed E-state index contributed by atoms with van der Waals surface area (Å²) in [6, 6.07) is 18.1. The van der Waals surface area contributed by atoms with E-state index in [-0.39, 0.29) is 16.7 Å². The fraction of sp³-hybridized carbons (Fsp3) is 0.125. The number of hydrogen-bond donors (Lipinski definition) is 2. The number of phenols is 1. The van der Waals surface area contributed by atoms with Crippen LogP contribution in [-0.2, 0) is 12.8 Å². The van der Waals surface area contributed by atoms with Crippen LogP contribution in [0.25, 0.3) is 11.3 Å². The van der Waals surface area contributed by atoms with Gasteiger partial charge in [-0.15, -0.1) is 0 Å². The van der Waals surface area contributed by atoms with Crippen LogP contribution >= 0.6 is 11.6 Å². The Hall–Kier alpha value is -3.64. The fourth-order valence-electron chi connectivity index (χ4n) is 3.77. The molecule has 0 saturated carbocycles. The summed E-state index contributed by atoms with van der Waals surface area (Å²) in [6.45, 7) is 0. The smallest absolute Gasteiger partial charge is 0.359 e. The molecular weight excluding hydrogens is 414 g/mol. The molecule has 0 aliphatic carbocycles. The highest BCUT2D eigenvalue weighted by Gasteiger charge is 2.41. The van der Waals surface area contributed by atoms with E-state index in [1.807, 2.05) is 42.5 Å². The highest BCUT2D eigenvalue weighted by atomic mass is 35.5. The molecule has 0 bridgehead atoms. The van der Waals surface area contributed by atoms with Crippen LogP contribution in [-0.4, -0.2) is 22.0 Å². The summed E-state index contributed by atoms with van der Waals surface area (Å²) in [5, 5.41) is 13.6. The Morgan fingerprint density at radius 3 is 2.71 bits per heavy atom. The number of nitrogens with zero attached hydrogens (tertiary/aromatic N) is 2. The Morgan fingerprint density at radius 1 is 1.13 bits per heavy atom. The largest absolute Gasteiger partial charge is 0.506 e. The highest BCUT2D eigenvalue weighted by Crippen LogP contribution is 2.30. The van der Waals surface area contributed by atoms with E-state index in [1.165, 1.54) is 0 Å². The van der Waals surface area contributed by atoms with Crippen LogP contribution in [0.4, 0.5) is 5.82 Å². The first-order valence-corrected chi connectivity index (χ1v) is 10.3. The molecule has 2 N–H and O–H groups in total. The van der Waals surface area contributed by atoms with Gasteiger partial charge < -0.3 is 9.52 Å². The van der Waals surface area contributed by atoms with Gasteiger partial charge in [-0.1, -0.05) is 48.0 Å². The maximum atomic E-state index is 13.2. The number of benzene rings is 2. The van der Waals surface area contributed by atoms with Gasteiger partial charge in [-0.3, -0.25) is 5.32 Å². The molecule has 1 aliphatic rings. The maximum absolute atomic E-state index is 13.2. The second-order valence-corrected chi connectivity index (χ2v) is 7.85. The highest BCUT2D eigenvalue weighted by molar-refractivity contribution is 6.32. The molecule has 0 fully saturated rings. The molecule has 1 aliphatic heterocycles. The predicted octanol–water partition coefficient (Wildman–Crippen LogP) is 4.26. The number of hydrogen-bond acceptors (Lipinski definition) is 5. The summed E-state index contributed by atoms with van der Waals surface area (Å²) in [6.07, 6.45) is 4.29. The van der Waals surface area contributed by atoms with Crippen molar-refractivity contribution in [2.24, 2.45) is 0 Å². The summed E-state index contributed by atoms with van der Waals surface area (Å²) in [5.41, 5.74) is 3.08. The van der Waals surface area contributed by atoms with Gasteiger partial charge in [0.2, 0.25) is 6.04 Å². The van der Waals surface area contributed by atoms with Crippen molar-refractivity contribution in [3.8, 4) is 17.0 Å². The van der Waals surface area contributed by atoms with Crippen molar-refractivity contribution in [1.82, 2.24) is 4.98 Å². The minimum Gasteiger partial charge on any atom is -0.506 e. The van der Waals surface area contributed by atoms with E-state index >= 15 is 0 Å². The van der Waals surface area contributed by atoms with E-state index in [1.54, 1.807) is 35.2 Å². The number of aromatic nitrogens is 2. The summed E-state index contributed by atoms with van der Waals surface area (Å²) < 4.78 is 7.04. The zero-order chi connectivity index (χ0) is 21.4. The van der Waals surface area contributed by atoms with Gasteiger partial charge in [0, 0.05) is 12.0 Å². The standard InChI is InChI=1S/C24H18ClN3O3/c25-18-9-8-16(12-22(18)29)21-14-28-23(19(26-21)11-15-5-2-1-3-6-15)27-20(24(28)30)13-17-7-4-10-31-17/h1-10,12,14,20,29H,11,13H2/p+1. The second kappa shape index (κ2) is 7.89. The fourth-order valence-corrected chi connectivity index (χ4v) is 3.88. The number of rotatable bonds is 5. The first-order valence-electron chi connectivity index (χ1n) is 9.90. The average molecular weight is 433 g/mol. The van der Waals surface area contributed by atoms with Gasteiger partial charge in [-0.25, -0.2) is 9.78 Å². The minimum absolute atomic E-state index is 0.0313. The predicted molar refractivity (Wildman–Crippen MR) is 116 cm³/mol. The second-order valence-electron chi connectivity index (χ2n) is 7.44. The van der Waals surface area contributed by atoms with Crippen molar-refractivity contribution in [3.63, 3.8) is 0 Å². The third-order valence-corrected chi connectivity index (χ3v) is 5.63. The number of halogens is 1. The monoisotopic (exact) mass is 432 g/mol. The van der Waals surface area contributed by atoms with Crippen LogP contribution in [0.15, 0.2) is 77.5 Å². The van der Waals surface area contributed by atoms with Crippen molar-refractivity contribution < 1.29 is 18.9 Å². The Kier molecular flexibility index (Phi) is 4.92. The number of phenolic OH excluding ortho intramolecular Hbond substituents is 1. The quantitative estimate of drug-likeness (QED) is 0.461. The summed E-state index contributed by atoms with van der Waals surface area (Å²) in [7, 11) is 0. The molecule has 1 atom stereocenters. The molecule has 2 aromatic carbocycles. The molecule has 0 radical (unpaired) electrons. The molecule has 0 saturated heterocycles. The molecule has 5 rings (SSSR count). The Labute approximate surface area is 183 Å². The molecule has 2 aromatic heterocycles. The lowest BCUT2D eigenvalue weighted by Gasteiger charge is -2.08. The number of furan rings is 1. The van der Waals surface area contributed by atoms with Gasteiger partial charge in [0.05, 0.1) is 17.7 Å². The Bertz CT molecular complexity index is 1260. The first-order chi connectivity index (χ1) is 15.1. The molecule has 6 nitrogen and oxygen atoms in total. The van der Waals surface area contributed by atoms with E-state index < -0.39 is 6.04 Å². The maximum Gasteiger partial charge on any atom is 0.359 e. The van der Waals surface area contributed by atoms with E-state index in [0.717, 1.165) is 17.0 Å². The van der Waals surface area contributed by atoms with Gasteiger partial charge >= 0.3 is 11.7 Å². The summed E-state index contributed by atoms with van der Waals surface area (Å²) in [5.74, 6) is 1.30. The first kappa shape index (κ1) is 19.3. The topological polar surface area (TPSA) is 79.2 Å². The third-order valence-electron chi connectivity index (χ3n) is 5.31. The van der Waals surface area contributed by atoms with E-state index in [0.29, 0.717) is 29.9 Å². The normalized spacial score (nSPS) is 15.0. The van der Waals surface area contributed by atoms with Crippen LogP contribution in [0.3, 0.4) is 0 Å². The number of fused-ring (bicyclic) bond motifs is 1. The number of aromatic hydroxyl groups is 1. The minimum atomic E-state index is -0.448.